The molecule has 0 radical (unpaired) electrons. The number of anilines is 1. The summed E-state index contributed by atoms with van der Waals surface area (Å²) in [6, 6.07) is 7.12. The van der Waals surface area contributed by atoms with Crippen molar-refractivity contribution < 1.29 is 13.7 Å². The average molecular weight is 338 g/mol. The van der Waals surface area contributed by atoms with E-state index in [-0.39, 0.29) is 6.03 Å². The number of hydrogen-bond acceptors (Lipinski definition) is 3. The summed E-state index contributed by atoms with van der Waals surface area (Å²) in [6.45, 7) is 1.18. The van der Waals surface area contributed by atoms with Crippen LogP contribution in [-0.2, 0) is 10.8 Å². The van der Waals surface area contributed by atoms with E-state index in [1.54, 1.807) is 6.26 Å². The number of ether oxygens (including phenoxy) is 1. The number of hydrogen-bond donors (Lipinski definition) is 2. The average Bonchev–Trinajstić information content (AvgIpc) is 2.55. The summed E-state index contributed by atoms with van der Waals surface area (Å²) >= 11 is 0. The first kappa shape index (κ1) is 17.8. The molecular formula is C17H26N2O3S. The van der Waals surface area contributed by atoms with Crippen LogP contribution >= 0.6 is 0 Å². The Kier molecular flexibility index (Phi) is 7.39. The molecule has 0 unspecified atom stereocenters. The predicted octanol–water partition coefficient (Wildman–Crippen LogP) is 3.15. The second-order valence-corrected chi connectivity index (χ2v) is 7.55. The van der Waals surface area contributed by atoms with Crippen LogP contribution < -0.4 is 15.4 Å². The minimum atomic E-state index is -0.895. The van der Waals surface area contributed by atoms with Crippen molar-refractivity contribution >= 4 is 22.5 Å². The lowest BCUT2D eigenvalue weighted by Crippen LogP contribution is -2.31. The molecule has 1 fully saturated rings. The van der Waals surface area contributed by atoms with Crippen LogP contribution in [0.15, 0.2) is 24.3 Å². The fraction of sp³-hybridized carbons (Fsp3) is 0.588. The van der Waals surface area contributed by atoms with Crippen LogP contribution in [0.5, 0.6) is 5.75 Å². The van der Waals surface area contributed by atoms with Gasteiger partial charge in [-0.3, -0.25) is 4.21 Å². The summed E-state index contributed by atoms with van der Waals surface area (Å²) in [5.41, 5.74) is 0.713. The van der Waals surface area contributed by atoms with E-state index in [1.165, 1.54) is 32.1 Å². The number of benzene rings is 1. The van der Waals surface area contributed by atoms with Gasteiger partial charge in [-0.15, -0.1) is 0 Å². The smallest absolute Gasteiger partial charge is 0.319 e. The van der Waals surface area contributed by atoms with Crippen molar-refractivity contribution in [2.75, 3.05) is 30.5 Å². The first-order valence-electron chi connectivity index (χ1n) is 8.21. The normalized spacial score (nSPS) is 16.6. The zero-order valence-corrected chi connectivity index (χ0v) is 14.5. The standard InChI is InChI=1S/C17H26N2O3S/c1-23(21)12-11-18-17(20)19-15-7-9-16(10-8-15)22-13-14-5-3-2-4-6-14/h7-10,14H,2-6,11-13H2,1H3,(H2,18,19,20)/t23-/m0/s1. The van der Waals surface area contributed by atoms with Crippen LogP contribution in [0, 0.1) is 5.92 Å². The number of nitrogens with one attached hydrogen (secondary N) is 2. The highest BCUT2D eigenvalue weighted by Gasteiger charge is 2.13. The monoisotopic (exact) mass is 338 g/mol. The van der Waals surface area contributed by atoms with Gasteiger partial charge in [-0.05, 0) is 43.0 Å². The highest BCUT2D eigenvalue weighted by molar-refractivity contribution is 7.84. The molecule has 23 heavy (non-hydrogen) atoms. The molecule has 0 spiro atoms. The van der Waals surface area contributed by atoms with Crippen LogP contribution in [-0.4, -0.2) is 35.4 Å². The molecule has 1 aromatic rings. The lowest BCUT2D eigenvalue weighted by Gasteiger charge is -2.21. The van der Waals surface area contributed by atoms with Crippen molar-refractivity contribution in [3.05, 3.63) is 24.3 Å². The van der Waals surface area contributed by atoms with E-state index in [4.69, 9.17) is 4.74 Å². The van der Waals surface area contributed by atoms with Gasteiger partial charge in [-0.2, -0.15) is 0 Å². The summed E-state index contributed by atoms with van der Waals surface area (Å²) in [5, 5.41) is 5.41. The highest BCUT2D eigenvalue weighted by atomic mass is 32.2. The minimum absolute atomic E-state index is 0.286. The van der Waals surface area contributed by atoms with Crippen LogP contribution in [0.1, 0.15) is 32.1 Å². The van der Waals surface area contributed by atoms with Crippen molar-refractivity contribution in [1.82, 2.24) is 5.32 Å². The summed E-state index contributed by atoms with van der Waals surface area (Å²) in [6.07, 6.45) is 8.14. The van der Waals surface area contributed by atoms with Gasteiger partial charge in [0.1, 0.15) is 5.75 Å². The van der Waals surface area contributed by atoms with Gasteiger partial charge < -0.3 is 15.4 Å². The van der Waals surface area contributed by atoms with Crippen molar-refractivity contribution in [3.63, 3.8) is 0 Å². The maximum absolute atomic E-state index is 11.7. The van der Waals surface area contributed by atoms with Gasteiger partial charge in [-0.1, -0.05) is 19.3 Å². The number of rotatable bonds is 7. The lowest BCUT2D eigenvalue weighted by molar-refractivity contribution is 0.209. The summed E-state index contributed by atoms with van der Waals surface area (Å²) < 4.78 is 16.8. The Bertz CT molecular complexity index is 513. The van der Waals surface area contributed by atoms with E-state index < -0.39 is 10.8 Å². The van der Waals surface area contributed by atoms with Crippen LogP contribution in [0.3, 0.4) is 0 Å². The molecule has 5 nitrogen and oxygen atoms in total. The Morgan fingerprint density at radius 3 is 2.57 bits per heavy atom. The van der Waals surface area contributed by atoms with E-state index >= 15 is 0 Å². The van der Waals surface area contributed by atoms with E-state index in [2.05, 4.69) is 10.6 Å². The number of urea groups is 1. The summed E-state index contributed by atoms with van der Waals surface area (Å²) in [4.78, 5) is 11.7. The van der Waals surface area contributed by atoms with Crippen molar-refractivity contribution in [2.24, 2.45) is 5.92 Å². The molecule has 0 aromatic heterocycles. The van der Waals surface area contributed by atoms with E-state index in [0.717, 1.165) is 12.4 Å². The maximum Gasteiger partial charge on any atom is 0.319 e. The molecule has 1 saturated carbocycles. The number of amides is 2. The Labute approximate surface area is 140 Å². The maximum atomic E-state index is 11.7. The van der Waals surface area contributed by atoms with Crippen molar-refractivity contribution in [3.8, 4) is 5.75 Å². The van der Waals surface area contributed by atoms with Crippen LogP contribution in [0.4, 0.5) is 10.5 Å². The molecule has 0 saturated heterocycles. The molecule has 0 bridgehead atoms. The van der Waals surface area contributed by atoms with Crippen molar-refractivity contribution in [2.45, 2.75) is 32.1 Å². The van der Waals surface area contributed by atoms with Gasteiger partial charge in [0, 0.05) is 35.0 Å². The highest BCUT2D eigenvalue weighted by Crippen LogP contribution is 2.25. The molecule has 0 heterocycles. The molecule has 6 heteroatoms. The van der Waals surface area contributed by atoms with E-state index in [1.807, 2.05) is 24.3 Å². The topological polar surface area (TPSA) is 67.4 Å². The van der Waals surface area contributed by atoms with Gasteiger partial charge in [0.25, 0.3) is 0 Å². The van der Waals surface area contributed by atoms with Gasteiger partial charge in [0.15, 0.2) is 0 Å². The third-order valence-corrected chi connectivity index (χ3v) is 4.78. The molecule has 128 valence electrons. The van der Waals surface area contributed by atoms with Gasteiger partial charge in [0.2, 0.25) is 0 Å². The first-order chi connectivity index (χ1) is 11.1. The largest absolute Gasteiger partial charge is 0.493 e. The van der Waals surface area contributed by atoms with E-state index in [0.29, 0.717) is 23.9 Å². The predicted molar refractivity (Wildman–Crippen MR) is 94.5 cm³/mol. The lowest BCUT2D eigenvalue weighted by atomic mass is 9.90. The molecule has 1 aliphatic rings. The van der Waals surface area contributed by atoms with Crippen LogP contribution in [0.25, 0.3) is 0 Å². The number of carbonyl (C=O) groups excluding carboxylic acids is 1. The third kappa shape index (κ3) is 7.03. The quantitative estimate of drug-likeness (QED) is 0.802. The molecule has 2 amide bonds. The van der Waals surface area contributed by atoms with Gasteiger partial charge in [0.05, 0.1) is 6.61 Å². The molecule has 1 atom stereocenters. The minimum Gasteiger partial charge on any atom is -0.493 e. The van der Waals surface area contributed by atoms with Crippen LogP contribution in [0.2, 0.25) is 0 Å². The van der Waals surface area contributed by atoms with E-state index in [9.17, 15) is 9.00 Å². The molecular weight excluding hydrogens is 312 g/mol. The Balaban J connectivity index is 1.71. The Hall–Kier alpha value is -1.56. The molecule has 1 aliphatic carbocycles. The van der Waals surface area contributed by atoms with Gasteiger partial charge in [-0.25, -0.2) is 4.79 Å². The Morgan fingerprint density at radius 2 is 1.91 bits per heavy atom. The van der Waals surface area contributed by atoms with Crippen molar-refractivity contribution in [1.29, 1.82) is 0 Å². The molecule has 0 aliphatic heterocycles. The zero-order valence-electron chi connectivity index (χ0n) is 13.7. The fourth-order valence-electron chi connectivity index (χ4n) is 2.69. The summed E-state index contributed by atoms with van der Waals surface area (Å²) in [5.74, 6) is 1.97. The fourth-order valence-corrected chi connectivity index (χ4v) is 3.08. The second kappa shape index (κ2) is 9.55. The summed E-state index contributed by atoms with van der Waals surface area (Å²) in [7, 11) is -0.895. The second-order valence-electron chi connectivity index (χ2n) is 6.00. The number of carbonyl (C=O) groups is 1. The zero-order chi connectivity index (χ0) is 16.5. The molecule has 1 aromatic carbocycles. The molecule has 2 rings (SSSR count). The van der Waals surface area contributed by atoms with Gasteiger partial charge >= 0.3 is 6.03 Å². The molecule has 2 N–H and O–H groups in total. The third-order valence-electron chi connectivity index (χ3n) is 4.00. The first-order valence-corrected chi connectivity index (χ1v) is 9.94. The SMILES string of the molecule is C[S@](=O)CCNC(=O)Nc1ccc(OCC2CCCCC2)cc1. The Morgan fingerprint density at radius 1 is 1.22 bits per heavy atom.